The van der Waals surface area contributed by atoms with Gasteiger partial charge in [-0.3, -0.25) is 4.79 Å². The van der Waals surface area contributed by atoms with Gasteiger partial charge in [-0.15, -0.1) is 0 Å². The molecule has 1 aliphatic heterocycles. The molecule has 2 heterocycles. The first-order valence-electron chi connectivity index (χ1n) is 7.05. The lowest BCUT2D eigenvalue weighted by atomic mass is 9.93. The van der Waals surface area contributed by atoms with Crippen LogP contribution in [0.1, 0.15) is 32.5 Å². The number of carboxylic acid groups (broad SMARTS) is 1. The van der Waals surface area contributed by atoms with Crippen LogP contribution in [0.2, 0.25) is 0 Å². The Morgan fingerprint density at radius 2 is 2.19 bits per heavy atom. The molecule has 1 fully saturated rings. The van der Waals surface area contributed by atoms with E-state index in [1.54, 1.807) is 24.6 Å². The van der Waals surface area contributed by atoms with E-state index in [0.29, 0.717) is 25.2 Å². The Kier molecular flexibility index (Phi) is 4.38. The number of imidazole rings is 1. The summed E-state index contributed by atoms with van der Waals surface area (Å²) in [7, 11) is -3.66. The van der Waals surface area contributed by atoms with Crippen molar-refractivity contribution in [2.75, 3.05) is 6.54 Å². The van der Waals surface area contributed by atoms with Crippen molar-refractivity contribution in [3.63, 3.8) is 0 Å². The van der Waals surface area contributed by atoms with Crippen molar-refractivity contribution in [1.82, 2.24) is 13.9 Å². The Morgan fingerprint density at radius 3 is 2.67 bits per heavy atom. The first-order chi connectivity index (χ1) is 9.77. The average Bonchev–Trinajstić information content (AvgIpc) is 2.80. The number of hydrogen-bond donors (Lipinski definition) is 1. The molecule has 0 amide bonds. The minimum Gasteiger partial charge on any atom is -0.481 e. The van der Waals surface area contributed by atoms with Crippen molar-refractivity contribution in [2.24, 2.45) is 5.92 Å². The van der Waals surface area contributed by atoms with Gasteiger partial charge in [-0.1, -0.05) is 0 Å². The number of carboxylic acids is 1. The number of piperidine rings is 1. The second kappa shape index (κ2) is 5.76. The highest BCUT2D eigenvalue weighted by molar-refractivity contribution is 7.89. The average molecular weight is 315 g/mol. The zero-order valence-corrected chi connectivity index (χ0v) is 13.3. The summed E-state index contributed by atoms with van der Waals surface area (Å²) in [5.41, 5.74) is 0. The molecule has 1 aromatic rings. The van der Waals surface area contributed by atoms with Crippen LogP contribution in [-0.2, 0) is 21.4 Å². The summed E-state index contributed by atoms with van der Waals surface area (Å²) in [4.78, 5) is 15.2. The number of aryl methyl sites for hydroxylation is 2. The first kappa shape index (κ1) is 16.0. The van der Waals surface area contributed by atoms with Gasteiger partial charge < -0.3 is 9.67 Å². The highest BCUT2D eigenvalue weighted by atomic mass is 32.2. The lowest BCUT2D eigenvalue weighted by Gasteiger charge is -2.34. The normalized spacial score (nSPS) is 24.1. The highest BCUT2D eigenvalue weighted by Crippen LogP contribution is 2.28. The monoisotopic (exact) mass is 315 g/mol. The van der Waals surface area contributed by atoms with Crippen LogP contribution < -0.4 is 0 Å². The van der Waals surface area contributed by atoms with Gasteiger partial charge in [0.05, 0.1) is 5.92 Å². The maximum absolute atomic E-state index is 12.7. The second-order valence-electron chi connectivity index (χ2n) is 5.44. The van der Waals surface area contributed by atoms with Crippen LogP contribution in [0.15, 0.2) is 11.2 Å². The molecule has 0 radical (unpaired) electrons. The maximum atomic E-state index is 12.7. The Balaban J connectivity index is 2.25. The third-order valence-corrected chi connectivity index (χ3v) is 5.92. The van der Waals surface area contributed by atoms with Crippen molar-refractivity contribution >= 4 is 16.0 Å². The Bertz CT molecular complexity index is 638. The van der Waals surface area contributed by atoms with Gasteiger partial charge in [-0.2, -0.15) is 4.31 Å². The molecule has 0 spiro atoms. The molecule has 0 aliphatic carbocycles. The van der Waals surface area contributed by atoms with Gasteiger partial charge >= 0.3 is 5.97 Å². The molecule has 1 aromatic heterocycles. The summed E-state index contributed by atoms with van der Waals surface area (Å²) in [5, 5.41) is 9.09. The van der Waals surface area contributed by atoms with Crippen molar-refractivity contribution in [1.29, 1.82) is 0 Å². The summed E-state index contributed by atoms with van der Waals surface area (Å²) in [6.45, 7) is 6.31. The SMILES string of the molecule is CCn1cc(S(=O)(=O)N2CCC(C(=O)O)CC2C)nc1C. The fraction of sp³-hybridized carbons (Fsp3) is 0.692. The predicted octanol–water partition coefficient (Wildman–Crippen LogP) is 1.09. The first-order valence-corrected chi connectivity index (χ1v) is 8.49. The van der Waals surface area contributed by atoms with Crippen LogP contribution in [0.25, 0.3) is 0 Å². The molecule has 1 N–H and O–H groups in total. The topological polar surface area (TPSA) is 92.5 Å². The maximum Gasteiger partial charge on any atom is 0.306 e. The molecule has 8 heteroatoms. The molecule has 21 heavy (non-hydrogen) atoms. The van der Waals surface area contributed by atoms with Crippen LogP contribution in [-0.4, -0.2) is 45.9 Å². The smallest absolute Gasteiger partial charge is 0.306 e. The van der Waals surface area contributed by atoms with Crippen LogP contribution >= 0.6 is 0 Å². The zero-order chi connectivity index (χ0) is 15.8. The second-order valence-corrected chi connectivity index (χ2v) is 7.27. The van der Waals surface area contributed by atoms with E-state index in [0.717, 1.165) is 0 Å². The summed E-state index contributed by atoms with van der Waals surface area (Å²) in [5.74, 6) is -0.671. The van der Waals surface area contributed by atoms with E-state index in [1.807, 2.05) is 6.92 Å². The molecule has 7 nitrogen and oxygen atoms in total. The summed E-state index contributed by atoms with van der Waals surface area (Å²) >= 11 is 0. The molecule has 1 aliphatic rings. The number of aromatic nitrogens is 2. The van der Waals surface area contributed by atoms with E-state index in [2.05, 4.69) is 4.98 Å². The van der Waals surface area contributed by atoms with Gasteiger partial charge in [0, 0.05) is 25.3 Å². The number of hydrogen-bond acceptors (Lipinski definition) is 4. The van der Waals surface area contributed by atoms with Crippen LogP contribution in [0.3, 0.4) is 0 Å². The van der Waals surface area contributed by atoms with E-state index < -0.39 is 21.9 Å². The molecule has 1 saturated heterocycles. The fourth-order valence-corrected chi connectivity index (χ4v) is 4.43. The summed E-state index contributed by atoms with van der Waals surface area (Å²) in [6.07, 6.45) is 2.22. The molecule has 2 unspecified atom stereocenters. The summed E-state index contributed by atoms with van der Waals surface area (Å²) in [6, 6.07) is -0.336. The Labute approximate surface area is 124 Å². The molecule has 0 aromatic carbocycles. The van der Waals surface area contributed by atoms with Crippen LogP contribution in [0.4, 0.5) is 0 Å². The molecule has 0 saturated carbocycles. The van der Waals surface area contributed by atoms with Gasteiger partial charge in [-0.05, 0) is 33.6 Å². The van der Waals surface area contributed by atoms with Gasteiger partial charge in [0.2, 0.25) is 0 Å². The van der Waals surface area contributed by atoms with E-state index in [-0.39, 0.29) is 17.6 Å². The lowest BCUT2D eigenvalue weighted by molar-refractivity contribution is -0.143. The van der Waals surface area contributed by atoms with Gasteiger partial charge in [-0.25, -0.2) is 13.4 Å². The minimum atomic E-state index is -3.66. The molecule has 2 atom stereocenters. The van der Waals surface area contributed by atoms with Gasteiger partial charge in [0.1, 0.15) is 5.82 Å². The fourth-order valence-electron chi connectivity index (χ4n) is 2.78. The quantitative estimate of drug-likeness (QED) is 0.897. The molecular weight excluding hydrogens is 294 g/mol. The minimum absolute atomic E-state index is 0.0440. The highest BCUT2D eigenvalue weighted by Gasteiger charge is 2.38. The van der Waals surface area contributed by atoms with Gasteiger partial charge in [0.25, 0.3) is 10.0 Å². The predicted molar refractivity (Wildman–Crippen MR) is 76.4 cm³/mol. The van der Waals surface area contributed by atoms with Crippen LogP contribution in [0.5, 0.6) is 0 Å². The largest absolute Gasteiger partial charge is 0.481 e. The molecular formula is C13H21N3O4S. The molecule has 2 rings (SSSR count). The number of rotatable bonds is 4. The Hall–Kier alpha value is -1.41. The standard InChI is InChI=1S/C13H21N3O4S/c1-4-15-8-12(14-10(15)3)21(19,20)16-6-5-11(13(17)18)7-9(16)2/h8-9,11H,4-7H2,1-3H3,(H,17,18). The number of aliphatic carboxylic acids is 1. The third kappa shape index (κ3) is 2.96. The lowest BCUT2D eigenvalue weighted by Crippen LogP contribution is -2.46. The van der Waals surface area contributed by atoms with Crippen LogP contribution in [0, 0.1) is 12.8 Å². The summed E-state index contributed by atoms with van der Waals surface area (Å²) < 4.78 is 28.5. The molecule has 118 valence electrons. The van der Waals surface area contributed by atoms with Crippen molar-refractivity contribution in [3.05, 3.63) is 12.0 Å². The van der Waals surface area contributed by atoms with E-state index in [1.165, 1.54) is 4.31 Å². The van der Waals surface area contributed by atoms with E-state index in [9.17, 15) is 13.2 Å². The Morgan fingerprint density at radius 1 is 1.52 bits per heavy atom. The number of nitrogens with zero attached hydrogens (tertiary/aromatic N) is 3. The van der Waals surface area contributed by atoms with Crippen molar-refractivity contribution < 1.29 is 18.3 Å². The number of sulfonamides is 1. The number of carbonyl (C=O) groups is 1. The van der Waals surface area contributed by atoms with Crippen molar-refractivity contribution in [2.45, 2.75) is 51.2 Å². The van der Waals surface area contributed by atoms with Gasteiger partial charge in [0.15, 0.2) is 5.03 Å². The molecule has 0 bridgehead atoms. The van der Waals surface area contributed by atoms with E-state index in [4.69, 9.17) is 5.11 Å². The zero-order valence-electron chi connectivity index (χ0n) is 12.5. The van der Waals surface area contributed by atoms with Crippen molar-refractivity contribution in [3.8, 4) is 0 Å². The van der Waals surface area contributed by atoms with E-state index >= 15 is 0 Å². The third-order valence-electron chi connectivity index (χ3n) is 4.03.